The van der Waals surface area contributed by atoms with E-state index in [9.17, 15) is 0 Å². The van der Waals surface area contributed by atoms with E-state index in [1.807, 2.05) is 37.3 Å². The van der Waals surface area contributed by atoms with Crippen molar-refractivity contribution in [1.29, 1.82) is 0 Å². The Bertz CT molecular complexity index is 287. The van der Waals surface area contributed by atoms with Gasteiger partial charge in [0.2, 0.25) is 0 Å². The van der Waals surface area contributed by atoms with Gasteiger partial charge in [-0.2, -0.15) is 0 Å². The van der Waals surface area contributed by atoms with Gasteiger partial charge in [0.25, 0.3) is 0 Å². The van der Waals surface area contributed by atoms with Crippen molar-refractivity contribution < 1.29 is 9.78 Å². The molecule has 0 fully saturated rings. The highest BCUT2D eigenvalue weighted by molar-refractivity contribution is 5.17. The van der Waals surface area contributed by atoms with Gasteiger partial charge in [-0.3, -0.25) is 0 Å². The van der Waals surface area contributed by atoms with Crippen molar-refractivity contribution in [3.8, 4) is 12.3 Å². The van der Waals surface area contributed by atoms with Crippen LogP contribution >= 0.6 is 0 Å². The van der Waals surface area contributed by atoms with Crippen LogP contribution in [-0.2, 0) is 16.2 Å². The van der Waals surface area contributed by atoms with Crippen LogP contribution in [0.3, 0.4) is 0 Å². The first-order valence-electron chi connectivity index (χ1n) is 4.65. The predicted octanol–water partition coefficient (Wildman–Crippen LogP) is 2.20. The molecule has 0 spiro atoms. The number of terminal acetylenes is 1. The van der Waals surface area contributed by atoms with E-state index in [0.29, 0.717) is 13.0 Å². The van der Waals surface area contributed by atoms with Gasteiger partial charge in [0.1, 0.15) is 0 Å². The Balaban J connectivity index is 2.46. The fourth-order valence-electron chi connectivity index (χ4n) is 1.10. The Hall–Kier alpha value is -1.30. The Morgan fingerprint density at radius 1 is 1.36 bits per heavy atom. The molecule has 0 aliphatic heterocycles. The Morgan fingerprint density at radius 2 is 2.07 bits per heavy atom. The van der Waals surface area contributed by atoms with Gasteiger partial charge >= 0.3 is 0 Å². The number of benzene rings is 1. The smallest absolute Gasteiger partial charge is 0.157 e. The van der Waals surface area contributed by atoms with E-state index in [-0.39, 0.29) is 6.10 Å². The average Bonchev–Trinajstić information content (AvgIpc) is 2.25. The summed E-state index contributed by atoms with van der Waals surface area (Å²) in [5.41, 5.74) is 1.15. The third kappa shape index (κ3) is 3.61. The van der Waals surface area contributed by atoms with Crippen LogP contribution in [0.5, 0.6) is 0 Å². The summed E-state index contributed by atoms with van der Waals surface area (Å²) in [5, 5.41) is 0. The summed E-state index contributed by atoms with van der Waals surface area (Å²) in [5.74, 6) is 2.54. The summed E-state index contributed by atoms with van der Waals surface area (Å²) < 4.78 is 0. The van der Waals surface area contributed by atoms with E-state index in [1.54, 1.807) is 0 Å². The topological polar surface area (TPSA) is 18.5 Å². The highest BCUT2D eigenvalue weighted by atomic mass is 17.2. The van der Waals surface area contributed by atoms with Crippen LogP contribution in [0.25, 0.3) is 0 Å². The van der Waals surface area contributed by atoms with Gasteiger partial charge in [-0.05, 0) is 12.5 Å². The lowest BCUT2D eigenvalue weighted by atomic mass is 10.1. The molecule has 0 N–H and O–H groups in total. The summed E-state index contributed by atoms with van der Waals surface area (Å²) in [7, 11) is 0. The molecular weight excluding hydrogens is 176 g/mol. The first-order chi connectivity index (χ1) is 6.86. The fourth-order valence-corrected chi connectivity index (χ4v) is 1.10. The summed E-state index contributed by atoms with van der Waals surface area (Å²) >= 11 is 0. The maximum absolute atomic E-state index is 5.31. The highest BCUT2D eigenvalue weighted by Crippen LogP contribution is 2.05. The second-order valence-electron chi connectivity index (χ2n) is 2.85. The third-order valence-corrected chi connectivity index (χ3v) is 1.75. The predicted molar refractivity (Wildman–Crippen MR) is 55.5 cm³/mol. The van der Waals surface area contributed by atoms with E-state index in [2.05, 4.69) is 5.92 Å². The molecule has 0 bridgehead atoms. The largest absolute Gasteiger partial charge is 0.236 e. The average molecular weight is 190 g/mol. The molecule has 2 heteroatoms. The SMILES string of the molecule is C#CC(Cc1ccccc1)OOCC. The van der Waals surface area contributed by atoms with Crippen LogP contribution in [0, 0.1) is 12.3 Å². The van der Waals surface area contributed by atoms with E-state index < -0.39 is 0 Å². The summed E-state index contributed by atoms with van der Waals surface area (Å²) in [6.45, 7) is 2.36. The van der Waals surface area contributed by atoms with Gasteiger partial charge in [-0.15, -0.1) is 6.42 Å². The molecule has 0 heterocycles. The number of hydrogen-bond donors (Lipinski definition) is 0. The molecule has 0 aromatic heterocycles. The first kappa shape index (κ1) is 10.8. The number of rotatable bonds is 5. The Kier molecular flexibility index (Phi) is 4.77. The van der Waals surface area contributed by atoms with Crippen molar-refractivity contribution in [2.45, 2.75) is 19.4 Å². The lowest BCUT2D eigenvalue weighted by Gasteiger charge is -2.09. The molecule has 0 amide bonds. The number of hydrogen-bond acceptors (Lipinski definition) is 2. The fraction of sp³-hybridized carbons (Fsp3) is 0.333. The Labute approximate surface area is 84.8 Å². The van der Waals surface area contributed by atoms with Crippen LogP contribution < -0.4 is 0 Å². The molecule has 0 aliphatic rings. The van der Waals surface area contributed by atoms with Crippen molar-refractivity contribution in [2.75, 3.05) is 6.61 Å². The molecule has 0 aliphatic carbocycles. The van der Waals surface area contributed by atoms with Crippen LogP contribution in [0.1, 0.15) is 12.5 Å². The van der Waals surface area contributed by atoms with Gasteiger partial charge in [-0.1, -0.05) is 36.3 Å². The molecule has 1 rings (SSSR count). The van der Waals surface area contributed by atoms with Gasteiger partial charge in [-0.25, -0.2) is 9.78 Å². The maximum atomic E-state index is 5.31. The van der Waals surface area contributed by atoms with E-state index in [1.165, 1.54) is 0 Å². The van der Waals surface area contributed by atoms with Crippen molar-refractivity contribution in [1.82, 2.24) is 0 Å². The van der Waals surface area contributed by atoms with Crippen molar-refractivity contribution in [3.05, 3.63) is 35.9 Å². The van der Waals surface area contributed by atoms with Gasteiger partial charge < -0.3 is 0 Å². The third-order valence-electron chi connectivity index (χ3n) is 1.75. The van der Waals surface area contributed by atoms with E-state index in [4.69, 9.17) is 16.2 Å². The van der Waals surface area contributed by atoms with Crippen molar-refractivity contribution >= 4 is 0 Å². The summed E-state index contributed by atoms with van der Waals surface area (Å²) in [6, 6.07) is 9.95. The maximum Gasteiger partial charge on any atom is 0.157 e. The molecule has 1 aromatic rings. The van der Waals surface area contributed by atoms with Crippen molar-refractivity contribution in [2.24, 2.45) is 0 Å². The van der Waals surface area contributed by atoms with Crippen LogP contribution in [0.2, 0.25) is 0 Å². The van der Waals surface area contributed by atoms with Crippen LogP contribution in [-0.4, -0.2) is 12.7 Å². The van der Waals surface area contributed by atoms with E-state index >= 15 is 0 Å². The molecule has 2 nitrogen and oxygen atoms in total. The molecule has 1 atom stereocenters. The van der Waals surface area contributed by atoms with Crippen LogP contribution in [0.15, 0.2) is 30.3 Å². The van der Waals surface area contributed by atoms with Gasteiger partial charge in [0.05, 0.1) is 6.61 Å². The van der Waals surface area contributed by atoms with Crippen molar-refractivity contribution in [3.63, 3.8) is 0 Å². The molecular formula is C12H14O2. The molecule has 0 saturated carbocycles. The van der Waals surface area contributed by atoms with E-state index in [0.717, 1.165) is 5.56 Å². The minimum absolute atomic E-state index is 0.308. The lowest BCUT2D eigenvalue weighted by Crippen LogP contribution is -2.14. The molecule has 74 valence electrons. The molecule has 0 radical (unpaired) electrons. The molecule has 14 heavy (non-hydrogen) atoms. The zero-order chi connectivity index (χ0) is 10.2. The molecule has 1 aromatic carbocycles. The lowest BCUT2D eigenvalue weighted by molar-refractivity contribution is -0.308. The zero-order valence-electron chi connectivity index (χ0n) is 8.27. The zero-order valence-corrected chi connectivity index (χ0v) is 8.27. The minimum atomic E-state index is -0.308. The summed E-state index contributed by atoms with van der Waals surface area (Å²) in [6.07, 6.45) is 5.68. The second-order valence-corrected chi connectivity index (χ2v) is 2.85. The first-order valence-corrected chi connectivity index (χ1v) is 4.65. The monoisotopic (exact) mass is 190 g/mol. The minimum Gasteiger partial charge on any atom is -0.236 e. The highest BCUT2D eigenvalue weighted by Gasteiger charge is 2.06. The summed E-state index contributed by atoms with van der Waals surface area (Å²) in [4.78, 5) is 9.82. The van der Waals surface area contributed by atoms with Gasteiger partial charge in [0.15, 0.2) is 6.10 Å². The molecule has 0 saturated heterocycles. The standard InChI is InChI=1S/C12H14O2/c1-3-12(14-13-4-2)10-11-8-6-5-7-9-11/h1,5-9,12H,4,10H2,2H3. The molecule has 1 unspecified atom stereocenters. The Morgan fingerprint density at radius 3 is 2.64 bits per heavy atom. The normalized spacial score (nSPS) is 12.0. The quantitative estimate of drug-likeness (QED) is 0.402. The second kappa shape index (κ2) is 6.20. The van der Waals surface area contributed by atoms with Crippen LogP contribution in [0.4, 0.5) is 0 Å². The van der Waals surface area contributed by atoms with Gasteiger partial charge in [0, 0.05) is 6.42 Å².